The van der Waals surface area contributed by atoms with Crippen LogP contribution >= 0.6 is 0 Å². The zero-order chi connectivity index (χ0) is 20.1. The summed E-state index contributed by atoms with van der Waals surface area (Å²) in [5, 5.41) is 28.2. The normalized spacial score (nSPS) is 26.8. The molecule has 3 N–H and O–H groups in total. The van der Waals surface area contributed by atoms with E-state index in [1.807, 2.05) is 6.92 Å². The van der Waals surface area contributed by atoms with Crippen molar-refractivity contribution in [2.75, 3.05) is 0 Å². The lowest BCUT2D eigenvalue weighted by Crippen LogP contribution is -2.48. The standard InChI is InChI=1S/C21H40O6/c1-16(26-21-19(23)15-18(22)17(2)27-21)13-11-9-7-5-3-4-6-8-10-12-14-20(24)25/h16-19,21-23H,3-15H2,1-2H3,(H,24,25). The molecule has 0 spiro atoms. The summed E-state index contributed by atoms with van der Waals surface area (Å²) in [7, 11) is 0. The number of unbranched alkanes of at least 4 members (excludes halogenated alkanes) is 9. The summed E-state index contributed by atoms with van der Waals surface area (Å²) < 4.78 is 11.4. The molecule has 1 saturated heterocycles. The number of carbonyl (C=O) groups is 1. The first-order valence-electron chi connectivity index (χ1n) is 10.8. The quantitative estimate of drug-likeness (QED) is 0.367. The molecule has 5 unspecified atom stereocenters. The van der Waals surface area contributed by atoms with E-state index in [4.69, 9.17) is 14.6 Å². The maximum Gasteiger partial charge on any atom is 0.303 e. The molecular formula is C21H40O6. The van der Waals surface area contributed by atoms with Gasteiger partial charge in [0.1, 0.15) is 6.10 Å². The Hall–Kier alpha value is -0.690. The van der Waals surface area contributed by atoms with E-state index in [1.54, 1.807) is 6.92 Å². The Bertz CT molecular complexity index is 389. The zero-order valence-electron chi connectivity index (χ0n) is 17.1. The monoisotopic (exact) mass is 388 g/mol. The summed E-state index contributed by atoms with van der Waals surface area (Å²) in [6, 6.07) is 0. The highest BCUT2D eigenvalue weighted by molar-refractivity contribution is 5.66. The number of ether oxygens (including phenoxy) is 2. The van der Waals surface area contributed by atoms with E-state index in [1.165, 1.54) is 38.5 Å². The Labute approximate surface area is 164 Å². The summed E-state index contributed by atoms with van der Waals surface area (Å²) in [6.45, 7) is 3.81. The average molecular weight is 389 g/mol. The third-order valence-electron chi connectivity index (χ3n) is 5.31. The van der Waals surface area contributed by atoms with E-state index in [0.29, 0.717) is 12.8 Å². The maximum absolute atomic E-state index is 10.4. The van der Waals surface area contributed by atoms with Crippen LogP contribution in [0.25, 0.3) is 0 Å². The van der Waals surface area contributed by atoms with Gasteiger partial charge in [0, 0.05) is 12.8 Å². The van der Waals surface area contributed by atoms with Crippen LogP contribution in [0, 0.1) is 0 Å². The van der Waals surface area contributed by atoms with Gasteiger partial charge >= 0.3 is 5.97 Å². The van der Waals surface area contributed by atoms with Crippen LogP contribution in [0.4, 0.5) is 0 Å². The van der Waals surface area contributed by atoms with Crippen LogP contribution in [0.15, 0.2) is 0 Å². The third kappa shape index (κ3) is 11.7. The van der Waals surface area contributed by atoms with Gasteiger partial charge in [-0.15, -0.1) is 0 Å². The molecule has 0 saturated carbocycles. The molecule has 6 nitrogen and oxygen atoms in total. The fourth-order valence-electron chi connectivity index (χ4n) is 3.49. The summed E-state index contributed by atoms with van der Waals surface area (Å²) in [5.74, 6) is -0.689. The van der Waals surface area contributed by atoms with Crippen molar-refractivity contribution in [3.05, 3.63) is 0 Å². The lowest BCUT2D eigenvalue weighted by Gasteiger charge is -2.36. The van der Waals surface area contributed by atoms with Gasteiger partial charge < -0.3 is 24.8 Å². The lowest BCUT2D eigenvalue weighted by molar-refractivity contribution is -0.273. The smallest absolute Gasteiger partial charge is 0.303 e. The first-order valence-corrected chi connectivity index (χ1v) is 10.8. The van der Waals surface area contributed by atoms with Crippen molar-refractivity contribution < 1.29 is 29.6 Å². The summed E-state index contributed by atoms with van der Waals surface area (Å²) in [4.78, 5) is 10.4. The second-order valence-electron chi connectivity index (χ2n) is 7.99. The topological polar surface area (TPSA) is 96.2 Å². The van der Waals surface area contributed by atoms with Crippen molar-refractivity contribution in [3.63, 3.8) is 0 Å². The Balaban J connectivity index is 1.91. The van der Waals surface area contributed by atoms with Crippen molar-refractivity contribution >= 4 is 5.97 Å². The number of aliphatic hydroxyl groups is 2. The Morgan fingerprint density at radius 3 is 2.04 bits per heavy atom. The maximum atomic E-state index is 10.4. The van der Waals surface area contributed by atoms with Gasteiger partial charge in [-0.1, -0.05) is 57.8 Å². The molecule has 1 rings (SSSR count). The summed E-state index contributed by atoms with van der Waals surface area (Å²) in [5.41, 5.74) is 0. The third-order valence-corrected chi connectivity index (χ3v) is 5.31. The number of aliphatic hydroxyl groups excluding tert-OH is 2. The largest absolute Gasteiger partial charge is 0.481 e. The summed E-state index contributed by atoms with van der Waals surface area (Å²) >= 11 is 0. The molecule has 27 heavy (non-hydrogen) atoms. The second-order valence-corrected chi connectivity index (χ2v) is 7.99. The minimum absolute atomic E-state index is 0.0397. The first kappa shape index (κ1) is 24.3. The van der Waals surface area contributed by atoms with Gasteiger partial charge in [-0.2, -0.15) is 0 Å². The van der Waals surface area contributed by atoms with Crippen molar-refractivity contribution in [2.24, 2.45) is 0 Å². The van der Waals surface area contributed by atoms with Crippen LogP contribution in [-0.2, 0) is 14.3 Å². The van der Waals surface area contributed by atoms with Crippen molar-refractivity contribution in [1.82, 2.24) is 0 Å². The van der Waals surface area contributed by atoms with Gasteiger partial charge in [0.15, 0.2) is 6.29 Å². The first-order chi connectivity index (χ1) is 12.9. The van der Waals surface area contributed by atoms with Crippen LogP contribution in [-0.4, -0.2) is 52.0 Å². The molecule has 1 aliphatic heterocycles. The minimum atomic E-state index is -0.761. The molecule has 6 heteroatoms. The lowest BCUT2D eigenvalue weighted by atomic mass is 10.0. The van der Waals surface area contributed by atoms with Crippen LogP contribution in [0.1, 0.15) is 97.3 Å². The number of carboxylic acid groups (broad SMARTS) is 1. The highest BCUT2D eigenvalue weighted by atomic mass is 16.7. The molecule has 0 bridgehead atoms. The zero-order valence-corrected chi connectivity index (χ0v) is 17.1. The van der Waals surface area contributed by atoms with Gasteiger partial charge in [-0.05, 0) is 26.7 Å². The highest BCUT2D eigenvalue weighted by Crippen LogP contribution is 2.23. The van der Waals surface area contributed by atoms with E-state index >= 15 is 0 Å². The van der Waals surface area contributed by atoms with Gasteiger partial charge in [-0.3, -0.25) is 4.79 Å². The molecule has 0 aromatic carbocycles. The van der Waals surface area contributed by atoms with Crippen LogP contribution in [0.3, 0.4) is 0 Å². The van der Waals surface area contributed by atoms with Gasteiger partial charge in [0.05, 0.1) is 18.3 Å². The molecule has 0 aromatic heterocycles. The van der Waals surface area contributed by atoms with Crippen LogP contribution < -0.4 is 0 Å². The fourth-order valence-corrected chi connectivity index (χ4v) is 3.49. The Morgan fingerprint density at radius 2 is 1.48 bits per heavy atom. The molecule has 0 aromatic rings. The van der Waals surface area contributed by atoms with Crippen molar-refractivity contribution in [3.8, 4) is 0 Å². The van der Waals surface area contributed by atoms with E-state index in [2.05, 4.69) is 0 Å². The molecule has 0 radical (unpaired) electrons. The molecule has 160 valence electrons. The van der Waals surface area contributed by atoms with E-state index in [0.717, 1.165) is 32.1 Å². The van der Waals surface area contributed by atoms with Gasteiger partial charge in [0.25, 0.3) is 0 Å². The molecule has 1 aliphatic rings. The van der Waals surface area contributed by atoms with E-state index in [9.17, 15) is 15.0 Å². The van der Waals surface area contributed by atoms with E-state index in [-0.39, 0.29) is 12.2 Å². The van der Waals surface area contributed by atoms with Crippen LogP contribution in [0.2, 0.25) is 0 Å². The van der Waals surface area contributed by atoms with Crippen LogP contribution in [0.5, 0.6) is 0 Å². The van der Waals surface area contributed by atoms with Gasteiger partial charge in [-0.25, -0.2) is 0 Å². The van der Waals surface area contributed by atoms with Gasteiger partial charge in [0.2, 0.25) is 0 Å². The van der Waals surface area contributed by atoms with Crippen molar-refractivity contribution in [1.29, 1.82) is 0 Å². The molecule has 0 aliphatic carbocycles. The SMILES string of the molecule is CC(CCCCCCCCCCCCC(=O)O)OC1OC(C)C(O)CC1O. The predicted molar refractivity (Wildman–Crippen MR) is 105 cm³/mol. The Morgan fingerprint density at radius 1 is 0.963 bits per heavy atom. The number of rotatable bonds is 15. The Kier molecular flexibility index (Phi) is 12.9. The van der Waals surface area contributed by atoms with Crippen molar-refractivity contribution in [2.45, 2.75) is 128 Å². The number of aliphatic carboxylic acids is 1. The predicted octanol–water partition coefficient (Wildman–Crippen LogP) is 4.01. The minimum Gasteiger partial charge on any atom is -0.481 e. The number of hydrogen-bond donors (Lipinski definition) is 3. The molecule has 1 heterocycles. The molecule has 0 amide bonds. The molecule has 1 fully saturated rings. The molecular weight excluding hydrogens is 348 g/mol. The summed E-state index contributed by atoms with van der Waals surface area (Å²) in [6.07, 6.45) is 10.8. The molecule has 5 atom stereocenters. The van der Waals surface area contributed by atoms with E-state index < -0.39 is 24.5 Å². The average Bonchev–Trinajstić information content (AvgIpc) is 2.60. The number of hydrogen-bond acceptors (Lipinski definition) is 5. The number of carboxylic acids is 1. The highest BCUT2D eigenvalue weighted by Gasteiger charge is 2.35. The second kappa shape index (κ2) is 14.3. The fraction of sp³-hybridized carbons (Fsp3) is 0.952.